The predicted molar refractivity (Wildman–Crippen MR) is 81.2 cm³/mol. The molecule has 1 fully saturated rings. The van der Waals surface area contributed by atoms with Crippen LogP contribution in [0.15, 0.2) is 12.3 Å². The van der Waals surface area contributed by atoms with Gasteiger partial charge in [-0.15, -0.1) is 0 Å². The molecule has 3 rings (SSSR count). The molecule has 0 atom stereocenters. The maximum absolute atomic E-state index is 12.9. The number of amides is 1. The van der Waals surface area contributed by atoms with Gasteiger partial charge in [0.2, 0.25) is 0 Å². The lowest BCUT2D eigenvalue weighted by Crippen LogP contribution is -2.58. The molecule has 112 valence electrons. The fraction of sp³-hybridized carbons (Fsp3) is 0.533. The SMILES string of the molecule is Cc1cc(C(=O)N2CCNC(C)(C)C2)c2cnn(C)c2n1. The van der Waals surface area contributed by atoms with E-state index in [0.29, 0.717) is 12.1 Å². The van der Waals surface area contributed by atoms with Gasteiger partial charge in [-0.2, -0.15) is 5.10 Å². The lowest BCUT2D eigenvalue weighted by atomic mass is 10.0. The van der Waals surface area contributed by atoms with Gasteiger partial charge < -0.3 is 10.2 Å². The average Bonchev–Trinajstić information content (AvgIpc) is 2.78. The van der Waals surface area contributed by atoms with Crippen molar-refractivity contribution in [2.45, 2.75) is 26.3 Å². The van der Waals surface area contributed by atoms with Gasteiger partial charge in [0.15, 0.2) is 5.65 Å². The van der Waals surface area contributed by atoms with Gasteiger partial charge in [0.25, 0.3) is 5.91 Å². The Kier molecular flexibility index (Phi) is 3.20. The number of piperazine rings is 1. The number of fused-ring (bicyclic) bond motifs is 1. The summed E-state index contributed by atoms with van der Waals surface area (Å²) < 4.78 is 1.71. The number of aromatic nitrogens is 3. The third-order valence-corrected chi connectivity index (χ3v) is 3.92. The fourth-order valence-corrected chi connectivity index (χ4v) is 2.90. The number of carbonyl (C=O) groups excluding carboxylic acids is 1. The third kappa shape index (κ3) is 2.51. The lowest BCUT2D eigenvalue weighted by molar-refractivity contribution is 0.0654. The molecule has 0 spiro atoms. The first kappa shape index (κ1) is 14.0. The van der Waals surface area contributed by atoms with E-state index in [9.17, 15) is 4.79 Å². The summed E-state index contributed by atoms with van der Waals surface area (Å²) in [7, 11) is 1.84. The van der Waals surface area contributed by atoms with Crippen molar-refractivity contribution in [3.05, 3.63) is 23.5 Å². The summed E-state index contributed by atoms with van der Waals surface area (Å²) in [4.78, 5) is 19.3. The topological polar surface area (TPSA) is 63.1 Å². The number of nitrogens with one attached hydrogen (secondary N) is 1. The summed E-state index contributed by atoms with van der Waals surface area (Å²) in [5, 5.41) is 8.47. The summed E-state index contributed by atoms with van der Waals surface area (Å²) in [6.45, 7) is 8.39. The molecule has 1 amide bonds. The van der Waals surface area contributed by atoms with Crippen molar-refractivity contribution in [2.75, 3.05) is 19.6 Å². The number of aryl methyl sites for hydroxylation is 2. The van der Waals surface area contributed by atoms with Gasteiger partial charge in [-0.05, 0) is 26.8 Å². The first-order valence-corrected chi connectivity index (χ1v) is 7.21. The second-order valence-corrected chi connectivity index (χ2v) is 6.35. The summed E-state index contributed by atoms with van der Waals surface area (Å²) in [5.74, 6) is 0.0630. The monoisotopic (exact) mass is 287 g/mol. The molecule has 0 aliphatic carbocycles. The Bertz CT molecular complexity index is 703. The maximum Gasteiger partial charge on any atom is 0.254 e. The molecule has 2 aromatic heterocycles. The van der Waals surface area contributed by atoms with E-state index >= 15 is 0 Å². The molecule has 0 aromatic carbocycles. The molecule has 3 heterocycles. The minimum Gasteiger partial charge on any atom is -0.336 e. The third-order valence-electron chi connectivity index (χ3n) is 3.92. The van der Waals surface area contributed by atoms with Crippen molar-refractivity contribution in [3.8, 4) is 0 Å². The molecule has 21 heavy (non-hydrogen) atoms. The standard InChI is InChI=1S/C15H21N5O/c1-10-7-11(12-8-17-19(4)13(12)18-10)14(21)20-6-5-16-15(2,3)9-20/h7-8,16H,5-6,9H2,1-4H3. The van der Waals surface area contributed by atoms with Gasteiger partial charge in [0, 0.05) is 37.9 Å². The molecule has 0 unspecified atom stereocenters. The zero-order valence-electron chi connectivity index (χ0n) is 13.0. The summed E-state index contributed by atoms with van der Waals surface area (Å²) in [6.07, 6.45) is 1.72. The summed E-state index contributed by atoms with van der Waals surface area (Å²) in [6, 6.07) is 1.86. The van der Waals surface area contributed by atoms with Gasteiger partial charge in [-0.1, -0.05) is 0 Å². The Morgan fingerprint density at radius 3 is 2.90 bits per heavy atom. The minimum atomic E-state index is -0.0515. The van der Waals surface area contributed by atoms with Gasteiger partial charge >= 0.3 is 0 Å². The summed E-state index contributed by atoms with van der Waals surface area (Å²) in [5.41, 5.74) is 2.24. The molecule has 6 nitrogen and oxygen atoms in total. The van der Waals surface area contributed by atoms with Gasteiger partial charge in [0.1, 0.15) is 0 Å². The highest BCUT2D eigenvalue weighted by atomic mass is 16.2. The van der Waals surface area contributed by atoms with E-state index in [0.717, 1.165) is 29.8 Å². The van der Waals surface area contributed by atoms with E-state index in [1.54, 1.807) is 10.9 Å². The van der Waals surface area contributed by atoms with E-state index in [2.05, 4.69) is 29.2 Å². The van der Waals surface area contributed by atoms with Crippen LogP contribution in [0.25, 0.3) is 11.0 Å². The van der Waals surface area contributed by atoms with Crippen LogP contribution in [0.3, 0.4) is 0 Å². The van der Waals surface area contributed by atoms with Gasteiger partial charge in [-0.25, -0.2) is 4.98 Å². The van der Waals surface area contributed by atoms with Crippen LogP contribution in [0.4, 0.5) is 0 Å². The van der Waals surface area contributed by atoms with E-state index < -0.39 is 0 Å². The quantitative estimate of drug-likeness (QED) is 0.853. The largest absolute Gasteiger partial charge is 0.336 e. The van der Waals surface area contributed by atoms with E-state index in [1.807, 2.05) is 24.9 Å². The highest BCUT2D eigenvalue weighted by molar-refractivity contribution is 6.05. The van der Waals surface area contributed by atoms with Crippen molar-refractivity contribution in [1.82, 2.24) is 25.0 Å². The average molecular weight is 287 g/mol. The minimum absolute atomic E-state index is 0.0515. The number of hydrogen-bond donors (Lipinski definition) is 1. The van der Waals surface area contributed by atoms with Crippen LogP contribution >= 0.6 is 0 Å². The number of hydrogen-bond acceptors (Lipinski definition) is 4. The maximum atomic E-state index is 12.9. The van der Waals surface area contributed by atoms with Gasteiger partial charge in [-0.3, -0.25) is 9.48 Å². The van der Waals surface area contributed by atoms with E-state index in [4.69, 9.17) is 0 Å². The first-order chi connectivity index (χ1) is 9.87. The normalized spacial score (nSPS) is 18.2. The Balaban J connectivity index is 2.02. The van der Waals surface area contributed by atoms with Crippen LogP contribution in [0.1, 0.15) is 29.9 Å². The molecule has 1 saturated heterocycles. The molecule has 6 heteroatoms. The molecule has 1 N–H and O–H groups in total. The molecule has 2 aromatic rings. The van der Waals surface area contributed by atoms with E-state index in [1.165, 1.54) is 0 Å². The highest BCUT2D eigenvalue weighted by Crippen LogP contribution is 2.21. The second-order valence-electron chi connectivity index (χ2n) is 6.35. The zero-order valence-corrected chi connectivity index (χ0v) is 13.0. The van der Waals surface area contributed by atoms with Crippen LogP contribution in [0.5, 0.6) is 0 Å². The molecule has 1 aliphatic rings. The van der Waals surface area contributed by atoms with Crippen LogP contribution in [0, 0.1) is 6.92 Å². The van der Waals surface area contributed by atoms with Crippen LogP contribution in [-0.2, 0) is 7.05 Å². The van der Waals surface area contributed by atoms with Gasteiger partial charge in [0.05, 0.1) is 17.1 Å². The Morgan fingerprint density at radius 1 is 1.43 bits per heavy atom. The molecule has 0 saturated carbocycles. The smallest absolute Gasteiger partial charge is 0.254 e. The second kappa shape index (κ2) is 4.80. The number of nitrogens with zero attached hydrogens (tertiary/aromatic N) is 4. The van der Waals surface area contributed by atoms with Crippen LogP contribution < -0.4 is 5.32 Å². The van der Waals surface area contributed by atoms with Crippen molar-refractivity contribution in [1.29, 1.82) is 0 Å². The predicted octanol–water partition coefficient (Wildman–Crippen LogP) is 1.10. The van der Waals surface area contributed by atoms with Crippen molar-refractivity contribution < 1.29 is 4.79 Å². The van der Waals surface area contributed by atoms with Crippen molar-refractivity contribution in [3.63, 3.8) is 0 Å². The lowest BCUT2D eigenvalue weighted by Gasteiger charge is -2.39. The fourth-order valence-electron chi connectivity index (χ4n) is 2.90. The van der Waals surface area contributed by atoms with Crippen LogP contribution in [0.2, 0.25) is 0 Å². The molecule has 0 bridgehead atoms. The molecular weight excluding hydrogens is 266 g/mol. The highest BCUT2D eigenvalue weighted by Gasteiger charge is 2.30. The Morgan fingerprint density at radius 2 is 2.19 bits per heavy atom. The van der Waals surface area contributed by atoms with Crippen molar-refractivity contribution >= 4 is 16.9 Å². The number of pyridine rings is 1. The first-order valence-electron chi connectivity index (χ1n) is 7.21. The Hall–Kier alpha value is -1.95. The number of carbonyl (C=O) groups is 1. The molecule has 1 aliphatic heterocycles. The Labute approximate surface area is 124 Å². The van der Waals surface area contributed by atoms with Crippen molar-refractivity contribution in [2.24, 2.45) is 7.05 Å². The number of rotatable bonds is 1. The van der Waals surface area contributed by atoms with E-state index in [-0.39, 0.29) is 11.4 Å². The van der Waals surface area contributed by atoms with Crippen LogP contribution in [-0.4, -0.2) is 50.7 Å². The molecule has 0 radical (unpaired) electrons. The summed E-state index contributed by atoms with van der Waals surface area (Å²) >= 11 is 0. The molecular formula is C15H21N5O. The zero-order chi connectivity index (χ0) is 15.2.